The van der Waals surface area contributed by atoms with Crippen molar-refractivity contribution in [2.45, 2.75) is 20.4 Å². The smallest absolute Gasteiger partial charge is 0.243 e. The number of ether oxygens (including phenoxy) is 1. The lowest BCUT2D eigenvalue weighted by Crippen LogP contribution is -2.20. The molecule has 6 nitrogen and oxygen atoms in total. The third-order valence-corrected chi connectivity index (χ3v) is 3.82. The Kier molecular flexibility index (Phi) is 3.94. The number of fused-ring (bicyclic) bond motifs is 1. The number of hydrogen-bond donors (Lipinski definition) is 1. The fourth-order valence-electron chi connectivity index (χ4n) is 2.10. The third kappa shape index (κ3) is 3.08. The van der Waals surface area contributed by atoms with Crippen molar-refractivity contribution in [3.05, 3.63) is 29.7 Å². The van der Waals surface area contributed by atoms with E-state index in [1.54, 1.807) is 22.2 Å². The van der Waals surface area contributed by atoms with E-state index in [9.17, 15) is 0 Å². The monoisotopic (exact) mass is 305 g/mol. The molecule has 0 radical (unpaired) electrons. The molecule has 7 heteroatoms. The number of imidazole rings is 1. The highest BCUT2D eigenvalue weighted by Gasteiger charge is 2.15. The summed E-state index contributed by atoms with van der Waals surface area (Å²) in [5, 5.41) is 9.59. The van der Waals surface area contributed by atoms with Gasteiger partial charge in [-0.3, -0.25) is 9.08 Å². The lowest BCUT2D eigenvalue weighted by atomic mass is 10.2. The Bertz CT molecular complexity index is 727. The first-order chi connectivity index (χ1) is 10.1. The summed E-state index contributed by atoms with van der Waals surface area (Å²) >= 11 is 1.60. The highest BCUT2D eigenvalue weighted by molar-refractivity contribution is 7.15. The minimum absolute atomic E-state index is 0.610. The second kappa shape index (κ2) is 5.87. The minimum Gasteiger partial charge on any atom is -0.434 e. The number of nitrogens with zero attached hydrogens (tertiary/aromatic N) is 4. The predicted octanol–water partition coefficient (Wildman–Crippen LogP) is 2.67. The zero-order valence-corrected chi connectivity index (χ0v) is 13.2. The highest BCUT2D eigenvalue weighted by Crippen LogP contribution is 2.27. The van der Waals surface area contributed by atoms with E-state index < -0.39 is 0 Å². The molecule has 0 unspecified atom stereocenters. The van der Waals surface area contributed by atoms with E-state index in [1.165, 1.54) is 0 Å². The maximum absolute atomic E-state index is 5.88. The number of nitrogens with one attached hydrogen (secondary N) is 1. The van der Waals surface area contributed by atoms with Gasteiger partial charge in [-0.1, -0.05) is 13.8 Å². The third-order valence-electron chi connectivity index (χ3n) is 3.07. The SMILES string of the molecule is CC(C)CNCc1c(Oc2cnn(C)c2)nc2sccn12. The first kappa shape index (κ1) is 14.1. The molecule has 3 heterocycles. The van der Waals surface area contributed by atoms with E-state index in [-0.39, 0.29) is 0 Å². The zero-order chi connectivity index (χ0) is 14.8. The van der Waals surface area contributed by atoms with E-state index in [0.717, 1.165) is 23.7 Å². The number of aryl methyl sites for hydroxylation is 1. The molecule has 112 valence electrons. The Balaban J connectivity index is 1.84. The lowest BCUT2D eigenvalue weighted by Gasteiger charge is -2.08. The highest BCUT2D eigenvalue weighted by atomic mass is 32.1. The van der Waals surface area contributed by atoms with Crippen LogP contribution in [-0.2, 0) is 13.6 Å². The summed E-state index contributed by atoms with van der Waals surface area (Å²) in [6.07, 6.45) is 5.55. The second-order valence-electron chi connectivity index (χ2n) is 5.40. The van der Waals surface area contributed by atoms with Gasteiger partial charge in [-0.15, -0.1) is 11.3 Å². The molecule has 1 N–H and O–H groups in total. The summed E-state index contributed by atoms with van der Waals surface area (Å²) in [6.45, 7) is 6.07. The van der Waals surface area contributed by atoms with Crippen molar-refractivity contribution >= 4 is 16.3 Å². The van der Waals surface area contributed by atoms with E-state index >= 15 is 0 Å². The van der Waals surface area contributed by atoms with Crippen molar-refractivity contribution in [2.75, 3.05) is 6.54 Å². The molecular weight excluding hydrogens is 286 g/mol. The molecule has 0 atom stereocenters. The standard InChI is InChI=1S/C14H19N5OS/c1-10(2)6-15-8-12-13(17-14-19(12)4-5-21-14)20-11-7-16-18(3)9-11/h4-5,7,9-10,15H,6,8H2,1-3H3. The fraction of sp³-hybridized carbons (Fsp3) is 0.429. The topological polar surface area (TPSA) is 56.4 Å². The Labute approximate surface area is 127 Å². The summed E-state index contributed by atoms with van der Waals surface area (Å²) < 4.78 is 9.67. The Hall–Kier alpha value is -1.86. The molecule has 0 spiro atoms. The Morgan fingerprint density at radius 2 is 2.29 bits per heavy atom. The molecule has 3 aromatic heterocycles. The molecule has 0 fully saturated rings. The molecule has 0 bridgehead atoms. The molecule has 0 saturated heterocycles. The molecule has 21 heavy (non-hydrogen) atoms. The molecule has 0 aliphatic rings. The van der Waals surface area contributed by atoms with Gasteiger partial charge in [-0.25, -0.2) is 0 Å². The summed E-state index contributed by atoms with van der Waals surface area (Å²) in [7, 11) is 1.86. The van der Waals surface area contributed by atoms with Gasteiger partial charge in [0.05, 0.1) is 12.4 Å². The van der Waals surface area contributed by atoms with E-state index in [2.05, 4.69) is 33.6 Å². The minimum atomic E-state index is 0.610. The van der Waals surface area contributed by atoms with Gasteiger partial charge in [0, 0.05) is 25.2 Å². The summed E-state index contributed by atoms with van der Waals surface area (Å²) in [5.74, 6) is 1.96. The van der Waals surface area contributed by atoms with Crippen molar-refractivity contribution in [1.29, 1.82) is 0 Å². The normalized spacial score (nSPS) is 11.6. The number of aromatic nitrogens is 4. The molecule has 0 aromatic carbocycles. The van der Waals surface area contributed by atoms with E-state index in [0.29, 0.717) is 17.5 Å². The largest absolute Gasteiger partial charge is 0.434 e. The summed E-state index contributed by atoms with van der Waals surface area (Å²) in [6, 6.07) is 0. The lowest BCUT2D eigenvalue weighted by molar-refractivity contribution is 0.452. The first-order valence-corrected chi connectivity index (χ1v) is 7.83. The Morgan fingerprint density at radius 3 is 3.00 bits per heavy atom. The molecule has 0 aliphatic heterocycles. The Morgan fingerprint density at radius 1 is 1.43 bits per heavy atom. The van der Waals surface area contributed by atoms with Gasteiger partial charge in [0.1, 0.15) is 5.69 Å². The van der Waals surface area contributed by atoms with Crippen molar-refractivity contribution in [2.24, 2.45) is 13.0 Å². The first-order valence-electron chi connectivity index (χ1n) is 6.95. The van der Waals surface area contributed by atoms with Gasteiger partial charge in [0.15, 0.2) is 10.7 Å². The van der Waals surface area contributed by atoms with Crippen LogP contribution in [0.15, 0.2) is 24.0 Å². The van der Waals surface area contributed by atoms with Crippen LogP contribution in [0, 0.1) is 5.92 Å². The van der Waals surface area contributed by atoms with Crippen LogP contribution < -0.4 is 10.1 Å². The predicted molar refractivity (Wildman–Crippen MR) is 82.9 cm³/mol. The van der Waals surface area contributed by atoms with Crippen LogP contribution in [-0.4, -0.2) is 25.7 Å². The van der Waals surface area contributed by atoms with Gasteiger partial charge < -0.3 is 10.1 Å². The number of thiazole rings is 1. The van der Waals surface area contributed by atoms with E-state index in [1.807, 2.05) is 24.8 Å². The fourth-order valence-corrected chi connectivity index (χ4v) is 2.82. The number of hydrogen-bond acceptors (Lipinski definition) is 5. The average molecular weight is 305 g/mol. The van der Waals surface area contributed by atoms with Crippen LogP contribution in [0.3, 0.4) is 0 Å². The molecule has 3 aromatic rings. The van der Waals surface area contributed by atoms with Crippen LogP contribution in [0.1, 0.15) is 19.5 Å². The van der Waals surface area contributed by atoms with Crippen molar-refractivity contribution in [3.8, 4) is 11.6 Å². The maximum Gasteiger partial charge on any atom is 0.243 e. The van der Waals surface area contributed by atoms with Crippen molar-refractivity contribution in [3.63, 3.8) is 0 Å². The molecule has 0 amide bonds. The van der Waals surface area contributed by atoms with Crippen LogP contribution >= 0.6 is 11.3 Å². The average Bonchev–Trinajstić information content (AvgIpc) is 3.09. The zero-order valence-electron chi connectivity index (χ0n) is 12.4. The van der Waals surface area contributed by atoms with Crippen LogP contribution in [0.5, 0.6) is 11.6 Å². The van der Waals surface area contributed by atoms with Gasteiger partial charge in [0.25, 0.3) is 0 Å². The second-order valence-corrected chi connectivity index (χ2v) is 6.27. The van der Waals surface area contributed by atoms with E-state index in [4.69, 9.17) is 4.74 Å². The molecule has 0 aliphatic carbocycles. The summed E-state index contributed by atoms with van der Waals surface area (Å²) in [4.78, 5) is 5.50. The van der Waals surface area contributed by atoms with Crippen molar-refractivity contribution in [1.82, 2.24) is 24.5 Å². The van der Waals surface area contributed by atoms with Crippen LogP contribution in [0.2, 0.25) is 0 Å². The van der Waals surface area contributed by atoms with Gasteiger partial charge in [-0.2, -0.15) is 10.1 Å². The molecule has 3 rings (SSSR count). The van der Waals surface area contributed by atoms with Crippen molar-refractivity contribution < 1.29 is 4.74 Å². The quantitative estimate of drug-likeness (QED) is 0.760. The molecular formula is C14H19N5OS. The maximum atomic E-state index is 5.88. The van der Waals surface area contributed by atoms with Crippen LogP contribution in [0.25, 0.3) is 4.96 Å². The van der Waals surface area contributed by atoms with Gasteiger partial charge in [0.2, 0.25) is 5.88 Å². The summed E-state index contributed by atoms with van der Waals surface area (Å²) in [5.41, 5.74) is 1.04. The van der Waals surface area contributed by atoms with Gasteiger partial charge >= 0.3 is 0 Å². The van der Waals surface area contributed by atoms with Gasteiger partial charge in [-0.05, 0) is 12.5 Å². The molecule has 0 saturated carbocycles. The van der Waals surface area contributed by atoms with Crippen LogP contribution in [0.4, 0.5) is 0 Å². The number of rotatable bonds is 6.